The molecule has 0 radical (unpaired) electrons. The van der Waals surface area contributed by atoms with Gasteiger partial charge in [-0.3, -0.25) is 10.7 Å². The average Bonchev–Trinajstić information content (AvgIpc) is 2.82. The summed E-state index contributed by atoms with van der Waals surface area (Å²) in [5, 5.41) is 14.2. The van der Waals surface area contributed by atoms with E-state index in [1.807, 2.05) is 0 Å². The van der Waals surface area contributed by atoms with Gasteiger partial charge >= 0.3 is 6.09 Å². The molecule has 8 heteroatoms. The minimum Gasteiger partial charge on any atom is -0.444 e. The fourth-order valence-corrected chi connectivity index (χ4v) is 1.97. The largest absolute Gasteiger partial charge is 0.444 e. The van der Waals surface area contributed by atoms with Crippen molar-refractivity contribution >= 4 is 17.7 Å². The van der Waals surface area contributed by atoms with Crippen LogP contribution in [0.5, 0.6) is 0 Å². The van der Waals surface area contributed by atoms with Gasteiger partial charge in [-0.1, -0.05) is 18.2 Å². The van der Waals surface area contributed by atoms with Gasteiger partial charge in [0.1, 0.15) is 28.8 Å². The zero-order chi connectivity index (χ0) is 17.9. The van der Waals surface area contributed by atoms with Crippen LogP contribution < -0.4 is 11.1 Å². The van der Waals surface area contributed by atoms with Gasteiger partial charge in [0, 0.05) is 11.6 Å². The van der Waals surface area contributed by atoms with Crippen LogP contribution in [0, 0.1) is 11.2 Å². The van der Waals surface area contributed by atoms with Gasteiger partial charge in [-0.2, -0.15) is 5.10 Å². The lowest BCUT2D eigenvalue weighted by atomic mass is 10.2. The Morgan fingerprint density at radius 2 is 2.08 bits per heavy atom. The van der Waals surface area contributed by atoms with E-state index < -0.39 is 11.7 Å². The number of benzene rings is 1. The molecule has 0 aliphatic carbocycles. The first-order valence-corrected chi connectivity index (χ1v) is 7.31. The Balaban J connectivity index is 2.28. The lowest BCUT2D eigenvalue weighted by Gasteiger charge is -2.19. The quantitative estimate of drug-likeness (QED) is 0.591. The Morgan fingerprint density at radius 1 is 1.42 bits per heavy atom. The average molecular weight is 333 g/mol. The second-order valence-electron chi connectivity index (χ2n) is 6.20. The summed E-state index contributed by atoms with van der Waals surface area (Å²) < 4.78 is 20.4. The summed E-state index contributed by atoms with van der Waals surface area (Å²) in [6.07, 6.45) is -0.674. The molecule has 0 atom stereocenters. The van der Waals surface area contributed by atoms with Crippen LogP contribution in [0.3, 0.4) is 0 Å². The number of nitrogen functional groups attached to an aromatic ring is 1. The Hall–Kier alpha value is -2.90. The van der Waals surface area contributed by atoms with E-state index in [-0.39, 0.29) is 29.7 Å². The van der Waals surface area contributed by atoms with E-state index in [2.05, 4.69) is 10.4 Å². The van der Waals surface area contributed by atoms with Crippen molar-refractivity contribution in [2.75, 3.05) is 5.32 Å². The van der Waals surface area contributed by atoms with Crippen molar-refractivity contribution in [2.24, 2.45) is 5.73 Å². The zero-order valence-electron chi connectivity index (χ0n) is 13.8. The molecule has 24 heavy (non-hydrogen) atoms. The molecule has 0 spiro atoms. The van der Waals surface area contributed by atoms with Crippen molar-refractivity contribution in [3.8, 4) is 0 Å². The maximum absolute atomic E-state index is 13.8. The number of hydrogen-bond acceptors (Lipinski definition) is 4. The Morgan fingerprint density at radius 3 is 2.67 bits per heavy atom. The third kappa shape index (κ3) is 4.55. The van der Waals surface area contributed by atoms with E-state index in [1.165, 1.54) is 16.8 Å². The highest BCUT2D eigenvalue weighted by Gasteiger charge is 2.19. The molecule has 0 saturated carbocycles. The number of carbonyl (C=O) groups excluding carboxylic acids is 1. The summed E-state index contributed by atoms with van der Waals surface area (Å²) in [4.78, 5) is 11.9. The molecule has 7 nitrogen and oxygen atoms in total. The Bertz CT molecular complexity index is 764. The maximum Gasteiger partial charge on any atom is 0.413 e. The van der Waals surface area contributed by atoms with Crippen molar-refractivity contribution in [3.05, 3.63) is 47.4 Å². The first kappa shape index (κ1) is 17.5. The highest BCUT2D eigenvalue weighted by molar-refractivity contribution is 5.94. The molecule has 4 N–H and O–H groups in total. The number of amides is 1. The molecule has 0 aliphatic rings. The van der Waals surface area contributed by atoms with Crippen LogP contribution in [0.4, 0.5) is 15.0 Å². The number of anilines is 1. The highest BCUT2D eigenvalue weighted by atomic mass is 19.1. The van der Waals surface area contributed by atoms with E-state index >= 15 is 0 Å². The maximum atomic E-state index is 13.8. The first-order valence-electron chi connectivity index (χ1n) is 7.31. The summed E-state index contributed by atoms with van der Waals surface area (Å²) in [7, 11) is 0. The topological polar surface area (TPSA) is 106 Å². The van der Waals surface area contributed by atoms with Crippen LogP contribution in [0.1, 0.15) is 32.0 Å². The van der Waals surface area contributed by atoms with E-state index in [9.17, 15) is 9.18 Å². The summed E-state index contributed by atoms with van der Waals surface area (Å²) >= 11 is 0. The number of nitrogens with one attached hydrogen (secondary N) is 2. The molecule has 0 saturated heterocycles. The number of nitrogens with zero attached hydrogens (tertiary/aromatic N) is 2. The smallest absolute Gasteiger partial charge is 0.413 e. The lowest BCUT2D eigenvalue weighted by Crippen LogP contribution is -2.28. The van der Waals surface area contributed by atoms with Gasteiger partial charge in [0.15, 0.2) is 0 Å². The molecular weight excluding hydrogens is 313 g/mol. The fourth-order valence-electron chi connectivity index (χ4n) is 1.97. The lowest BCUT2D eigenvalue weighted by molar-refractivity contribution is 0.0634. The van der Waals surface area contributed by atoms with Gasteiger partial charge in [0.05, 0.1) is 6.54 Å². The Kier molecular flexibility index (Phi) is 4.87. The molecule has 1 aromatic carbocycles. The van der Waals surface area contributed by atoms with E-state index in [0.29, 0.717) is 5.56 Å². The zero-order valence-corrected chi connectivity index (χ0v) is 13.8. The molecule has 1 heterocycles. The third-order valence-electron chi connectivity index (χ3n) is 2.96. The molecule has 0 bridgehead atoms. The molecular formula is C16H20FN5O2. The van der Waals surface area contributed by atoms with Gasteiger partial charge < -0.3 is 10.5 Å². The van der Waals surface area contributed by atoms with Crippen molar-refractivity contribution in [3.63, 3.8) is 0 Å². The number of carbonyl (C=O) groups is 1. The molecule has 2 aromatic rings. The van der Waals surface area contributed by atoms with Crippen molar-refractivity contribution in [1.82, 2.24) is 9.78 Å². The molecule has 128 valence electrons. The summed E-state index contributed by atoms with van der Waals surface area (Å²) in [5.41, 5.74) is 5.35. The SMILES string of the molecule is CC(C)(C)OC(=O)Nc1cc(C(=N)N)nn1Cc1ccccc1F. The minimum atomic E-state index is -0.674. The molecule has 0 aliphatic heterocycles. The van der Waals surface area contributed by atoms with E-state index in [0.717, 1.165) is 0 Å². The van der Waals surface area contributed by atoms with Crippen LogP contribution in [0.2, 0.25) is 0 Å². The van der Waals surface area contributed by atoms with E-state index in [1.54, 1.807) is 39.0 Å². The number of nitrogens with two attached hydrogens (primary N) is 1. The van der Waals surface area contributed by atoms with Crippen LogP contribution in [-0.2, 0) is 11.3 Å². The monoisotopic (exact) mass is 333 g/mol. The minimum absolute atomic E-state index is 0.0745. The highest BCUT2D eigenvalue weighted by Crippen LogP contribution is 2.17. The third-order valence-corrected chi connectivity index (χ3v) is 2.96. The number of hydrogen-bond donors (Lipinski definition) is 3. The normalized spacial score (nSPS) is 11.2. The fraction of sp³-hybridized carbons (Fsp3) is 0.312. The van der Waals surface area contributed by atoms with Crippen LogP contribution in [-0.4, -0.2) is 27.3 Å². The molecule has 2 rings (SSSR count). The van der Waals surface area contributed by atoms with Gasteiger partial charge in [-0.25, -0.2) is 13.9 Å². The number of ether oxygens (including phenoxy) is 1. The Labute approximate surface area is 139 Å². The standard InChI is InChI=1S/C16H20FN5O2/c1-16(2,3)24-15(23)20-13-8-12(14(18)19)21-22(13)9-10-6-4-5-7-11(10)17/h4-8H,9H2,1-3H3,(H3,18,19)(H,20,23). The predicted molar refractivity (Wildman–Crippen MR) is 88.6 cm³/mol. The van der Waals surface area contributed by atoms with Gasteiger partial charge in [0.25, 0.3) is 0 Å². The summed E-state index contributed by atoms with van der Waals surface area (Å²) in [6.45, 7) is 5.30. The number of aromatic nitrogens is 2. The molecule has 0 fully saturated rings. The van der Waals surface area contributed by atoms with Crippen LogP contribution in [0.25, 0.3) is 0 Å². The van der Waals surface area contributed by atoms with Crippen molar-refractivity contribution < 1.29 is 13.9 Å². The number of rotatable bonds is 4. The molecule has 1 aromatic heterocycles. The van der Waals surface area contributed by atoms with Crippen molar-refractivity contribution in [2.45, 2.75) is 32.9 Å². The number of amidine groups is 1. The van der Waals surface area contributed by atoms with Crippen LogP contribution in [0.15, 0.2) is 30.3 Å². The summed E-state index contributed by atoms with van der Waals surface area (Å²) in [6, 6.07) is 7.68. The predicted octanol–water partition coefficient (Wildman–Crippen LogP) is 2.70. The summed E-state index contributed by atoms with van der Waals surface area (Å²) in [5.74, 6) is -0.382. The second kappa shape index (κ2) is 6.69. The van der Waals surface area contributed by atoms with Crippen LogP contribution >= 0.6 is 0 Å². The van der Waals surface area contributed by atoms with Gasteiger partial charge in [-0.05, 0) is 26.8 Å². The first-order chi connectivity index (χ1) is 11.2. The van der Waals surface area contributed by atoms with Gasteiger partial charge in [0.2, 0.25) is 0 Å². The van der Waals surface area contributed by atoms with E-state index in [4.69, 9.17) is 15.9 Å². The number of halogens is 1. The molecule has 0 unspecified atom stereocenters. The molecule has 1 amide bonds. The van der Waals surface area contributed by atoms with Crippen molar-refractivity contribution in [1.29, 1.82) is 5.41 Å². The van der Waals surface area contributed by atoms with Gasteiger partial charge in [-0.15, -0.1) is 0 Å². The second-order valence-corrected chi connectivity index (χ2v) is 6.20.